The van der Waals surface area contributed by atoms with Gasteiger partial charge in [-0.25, -0.2) is 4.79 Å². The molecule has 0 fully saturated rings. The van der Waals surface area contributed by atoms with Crippen molar-refractivity contribution in [3.8, 4) is 28.0 Å². The van der Waals surface area contributed by atoms with Gasteiger partial charge >= 0.3 is 5.97 Å². The monoisotopic (exact) mass is 629 g/mol. The van der Waals surface area contributed by atoms with Crippen molar-refractivity contribution in [2.24, 2.45) is 5.92 Å². The zero-order valence-corrected chi connectivity index (χ0v) is 28.1. The molecule has 0 heterocycles. The van der Waals surface area contributed by atoms with E-state index in [-0.39, 0.29) is 5.97 Å². The maximum absolute atomic E-state index is 13.1. The van der Waals surface area contributed by atoms with Crippen molar-refractivity contribution in [3.63, 3.8) is 0 Å². The van der Waals surface area contributed by atoms with E-state index in [4.69, 9.17) is 4.74 Å². The Labute approximate surface area is 285 Å². The van der Waals surface area contributed by atoms with E-state index < -0.39 is 0 Å². The van der Waals surface area contributed by atoms with E-state index in [2.05, 4.69) is 129 Å². The highest BCUT2D eigenvalue weighted by molar-refractivity contribution is 5.92. The lowest BCUT2D eigenvalue weighted by atomic mass is 9.92. The second kappa shape index (κ2) is 15.5. The summed E-state index contributed by atoms with van der Waals surface area (Å²) in [5, 5.41) is 0. The van der Waals surface area contributed by atoms with Gasteiger partial charge in [-0.15, -0.1) is 0 Å². The Morgan fingerprint density at radius 3 is 1.71 bits per heavy atom. The number of hydrogen-bond acceptors (Lipinski definition) is 3. The van der Waals surface area contributed by atoms with Crippen LogP contribution >= 0.6 is 0 Å². The van der Waals surface area contributed by atoms with Crippen molar-refractivity contribution in [2.45, 2.75) is 46.5 Å². The van der Waals surface area contributed by atoms with Crippen LogP contribution in [0, 0.1) is 5.92 Å². The van der Waals surface area contributed by atoms with Gasteiger partial charge in [-0.3, -0.25) is 0 Å². The molecule has 0 atom stereocenters. The number of carbonyl (C=O) groups is 1. The van der Waals surface area contributed by atoms with Gasteiger partial charge in [-0.1, -0.05) is 118 Å². The summed E-state index contributed by atoms with van der Waals surface area (Å²) in [6.07, 6.45) is 4.39. The number of anilines is 3. The van der Waals surface area contributed by atoms with Gasteiger partial charge < -0.3 is 9.64 Å². The first-order valence-corrected chi connectivity index (χ1v) is 17.0. The molecule has 0 spiro atoms. The molecule has 0 aliphatic rings. The molecule has 0 saturated carbocycles. The predicted octanol–water partition coefficient (Wildman–Crippen LogP) is 12.3. The van der Waals surface area contributed by atoms with Gasteiger partial charge in [-0.05, 0) is 119 Å². The second-order valence-electron chi connectivity index (χ2n) is 12.7. The highest BCUT2D eigenvalue weighted by Crippen LogP contribution is 2.35. The molecule has 0 radical (unpaired) electrons. The summed E-state index contributed by atoms with van der Waals surface area (Å²) in [7, 11) is 0. The smallest absolute Gasteiger partial charge is 0.343 e. The first kappa shape index (κ1) is 32.5. The van der Waals surface area contributed by atoms with Crippen molar-refractivity contribution in [2.75, 3.05) is 4.90 Å². The summed E-state index contributed by atoms with van der Waals surface area (Å²) in [5.41, 5.74) is 11.0. The van der Waals surface area contributed by atoms with Gasteiger partial charge in [0.25, 0.3) is 0 Å². The Morgan fingerprint density at radius 2 is 1.15 bits per heavy atom. The lowest BCUT2D eigenvalue weighted by Gasteiger charge is -2.25. The highest BCUT2D eigenvalue weighted by atomic mass is 16.5. The Bertz CT molecular complexity index is 1870. The minimum atomic E-state index is -0.367. The maximum atomic E-state index is 13.1. The van der Waals surface area contributed by atoms with Crippen LogP contribution in [-0.2, 0) is 12.8 Å². The Kier molecular flexibility index (Phi) is 10.5. The lowest BCUT2D eigenvalue weighted by Crippen LogP contribution is -2.09. The molecule has 6 rings (SSSR count). The van der Waals surface area contributed by atoms with E-state index in [1.54, 1.807) is 0 Å². The van der Waals surface area contributed by atoms with Crippen LogP contribution in [0.25, 0.3) is 22.3 Å². The lowest BCUT2D eigenvalue weighted by molar-refractivity contribution is 0.0735. The summed E-state index contributed by atoms with van der Waals surface area (Å²) in [6, 6.07) is 51.7. The molecule has 48 heavy (non-hydrogen) atoms. The molecule has 0 N–H and O–H groups in total. The zero-order valence-electron chi connectivity index (χ0n) is 28.1. The van der Waals surface area contributed by atoms with Crippen LogP contribution in [0.4, 0.5) is 17.1 Å². The number of nitrogens with zero attached hydrogens (tertiary/aromatic N) is 1. The summed E-state index contributed by atoms with van der Waals surface area (Å²) >= 11 is 0. The SMILES string of the molecule is CCCc1ccc(CCC(C)C)cc1-c1ccc(OC(=O)c2ccc(-c3ccc(N(c4ccccc4)c4ccccc4)cc3)cc2)cc1. The number of aryl methyl sites for hydroxylation is 2. The maximum Gasteiger partial charge on any atom is 0.343 e. The highest BCUT2D eigenvalue weighted by Gasteiger charge is 2.14. The largest absolute Gasteiger partial charge is 0.423 e. The molecule has 3 nitrogen and oxygen atoms in total. The van der Waals surface area contributed by atoms with E-state index in [0.717, 1.165) is 53.0 Å². The Morgan fingerprint density at radius 1 is 0.604 bits per heavy atom. The molecule has 240 valence electrons. The van der Waals surface area contributed by atoms with Crippen LogP contribution in [-0.4, -0.2) is 5.97 Å². The van der Waals surface area contributed by atoms with E-state index in [1.165, 1.54) is 23.1 Å². The van der Waals surface area contributed by atoms with Crippen molar-refractivity contribution >= 4 is 23.0 Å². The molecule has 0 aliphatic carbocycles. The number of carbonyl (C=O) groups excluding carboxylic acids is 1. The van der Waals surface area contributed by atoms with E-state index in [1.807, 2.05) is 48.5 Å². The fourth-order valence-corrected chi connectivity index (χ4v) is 6.06. The molecule has 0 unspecified atom stereocenters. The molecule has 0 aliphatic heterocycles. The zero-order chi connectivity index (χ0) is 33.3. The van der Waals surface area contributed by atoms with Crippen molar-refractivity contribution in [1.82, 2.24) is 0 Å². The molecular weight excluding hydrogens is 587 g/mol. The van der Waals surface area contributed by atoms with Gasteiger partial charge in [0.05, 0.1) is 5.56 Å². The van der Waals surface area contributed by atoms with Crippen molar-refractivity contribution in [3.05, 3.63) is 168 Å². The Balaban J connectivity index is 1.14. The number of rotatable bonds is 12. The standard InChI is InChI=1S/C45H43NO2/c1-4-11-37-19-18-34(17-16-33(2)3)32-44(37)38-26-30-43(31-27-38)48-45(47)39-22-20-35(21-23-39)36-24-28-42(29-25-36)46(40-12-7-5-8-13-40)41-14-9-6-10-15-41/h5-10,12-15,18-33H,4,11,16-17H2,1-3H3. The average molecular weight is 630 g/mol. The van der Waals surface area contributed by atoms with Crippen LogP contribution in [0.1, 0.15) is 55.1 Å². The third kappa shape index (κ3) is 7.93. The molecule has 3 heteroatoms. The molecule has 0 aromatic heterocycles. The molecule has 6 aromatic carbocycles. The topological polar surface area (TPSA) is 29.5 Å². The fourth-order valence-electron chi connectivity index (χ4n) is 6.06. The second-order valence-corrected chi connectivity index (χ2v) is 12.7. The first-order valence-electron chi connectivity index (χ1n) is 17.0. The third-order valence-corrected chi connectivity index (χ3v) is 8.69. The number of para-hydroxylation sites is 2. The van der Waals surface area contributed by atoms with Crippen molar-refractivity contribution < 1.29 is 9.53 Å². The first-order chi connectivity index (χ1) is 23.5. The Hall–Kier alpha value is -5.41. The molecular formula is C45H43NO2. The molecule has 0 bridgehead atoms. The van der Waals surface area contributed by atoms with Gasteiger partial charge in [0.2, 0.25) is 0 Å². The number of esters is 1. The quantitative estimate of drug-likeness (QED) is 0.0996. The number of ether oxygens (including phenoxy) is 1. The van der Waals surface area contributed by atoms with E-state index in [0.29, 0.717) is 17.2 Å². The summed E-state index contributed by atoms with van der Waals surface area (Å²) in [4.78, 5) is 15.3. The van der Waals surface area contributed by atoms with Crippen LogP contribution in [0.3, 0.4) is 0 Å². The number of hydrogen-bond donors (Lipinski definition) is 0. The third-order valence-electron chi connectivity index (χ3n) is 8.69. The number of benzene rings is 6. The van der Waals surface area contributed by atoms with Crippen LogP contribution < -0.4 is 9.64 Å². The normalized spacial score (nSPS) is 11.0. The summed E-state index contributed by atoms with van der Waals surface area (Å²) in [6.45, 7) is 6.76. The van der Waals surface area contributed by atoms with Gasteiger partial charge in [-0.2, -0.15) is 0 Å². The molecule has 0 saturated heterocycles. The van der Waals surface area contributed by atoms with Gasteiger partial charge in [0, 0.05) is 17.1 Å². The summed E-state index contributed by atoms with van der Waals surface area (Å²) in [5.74, 6) is 0.850. The fraction of sp³-hybridized carbons (Fsp3) is 0.178. The minimum absolute atomic E-state index is 0.367. The molecule has 6 aromatic rings. The summed E-state index contributed by atoms with van der Waals surface area (Å²) < 4.78 is 5.78. The van der Waals surface area contributed by atoms with Crippen LogP contribution in [0.15, 0.2) is 152 Å². The minimum Gasteiger partial charge on any atom is -0.423 e. The van der Waals surface area contributed by atoms with Gasteiger partial charge in [0.15, 0.2) is 0 Å². The van der Waals surface area contributed by atoms with Crippen molar-refractivity contribution in [1.29, 1.82) is 0 Å². The van der Waals surface area contributed by atoms with Gasteiger partial charge in [0.1, 0.15) is 5.75 Å². The molecule has 0 amide bonds. The van der Waals surface area contributed by atoms with E-state index >= 15 is 0 Å². The van der Waals surface area contributed by atoms with Crippen LogP contribution in [0.2, 0.25) is 0 Å². The van der Waals surface area contributed by atoms with E-state index in [9.17, 15) is 4.79 Å². The average Bonchev–Trinajstić information content (AvgIpc) is 3.13. The predicted molar refractivity (Wildman–Crippen MR) is 201 cm³/mol. The van der Waals surface area contributed by atoms with Crippen LogP contribution in [0.5, 0.6) is 5.75 Å².